The molecule has 0 heterocycles. The molecule has 1 fully saturated rings. The third-order valence-electron chi connectivity index (χ3n) is 7.15. The Morgan fingerprint density at radius 1 is 0.742 bits per heavy atom. The summed E-state index contributed by atoms with van der Waals surface area (Å²) in [5, 5.41) is 9.55. The number of hydrogen-bond donors (Lipinski definition) is 1. The molecule has 3 aromatic carbocycles. The zero-order valence-corrected chi connectivity index (χ0v) is 19.1. The molecule has 0 atom stereocenters. The number of benzene rings is 3. The standard InChI is InChI=1S/C30H36O/c1-3-4-5-6-23-7-9-24(10-8-23)25-11-13-26(14-12-25)28-17-20-30(22(2)21-28)27-15-18-29(31)19-16-27/h7-10,15-21,25-26,31H,3-6,11-14H2,1-2H3. The molecular weight excluding hydrogens is 376 g/mol. The SMILES string of the molecule is CCCCCc1ccc(C2CCC(c3ccc(-c4ccc(O)cc4)c(C)c3)CC2)cc1. The highest BCUT2D eigenvalue weighted by Gasteiger charge is 2.23. The van der Waals surface area contributed by atoms with Crippen molar-refractivity contribution in [2.75, 3.05) is 0 Å². The molecule has 0 unspecified atom stereocenters. The summed E-state index contributed by atoms with van der Waals surface area (Å²) in [6.45, 7) is 4.48. The molecule has 0 radical (unpaired) electrons. The van der Waals surface area contributed by atoms with Crippen LogP contribution in [-0.4, -0.2) is 5.11 Å². The minimum absolute atomic E-state index is 0.320. The van der Waals surface area contributed by atoms with Crippen LogP contribution in [-0.2, 0) is 6.42 Å². The maximum atomic E-state index is 9.55. The van der Waals surface area contributed by atoms with Crippen LogP contribution in [0, 0.1) is 6.92 Å². The van der Waals surface area contributed by atoms with E-state index in [9.17, 15) is 5.11 Å². The lowest BCUT2D eigenvalue weighted by Crippen LogP contribution is -2.12. The highest BCUT2D eigenvalue weighted by Crippen LogP contribution is 2.41. The number of aromatic hydroxyl groups is 1. The first kappa shape index (κ1) is 21.7. The smallest absolute Gasteiger partial charge is 0.115 e. The Labute approximate surface area is 188 Å². The topological polar surface area (TPSA) is 20.2 Å². The normalized spacial score (nSPS) is 18.8. The van der Waals surface area contributed by atoms with Gasteiger partial charge in [0.15, 0.2) is 0 Å². The zero-order valence-electron chi connectivity index (χ0n) is 19.1. The van der Waals surface area contributed by atoms with Crippen molar-refractivity contribution in [3.8, 4) is 16.9 Å². The van der Waals surface area contributed by atoms with E-state index in [0.717, 1.165) is 5.92 Å². The second kappa shape index (κ2) is 10.2. The van der Waals surface area contributed by atoms with E-state index >= 15 is 0 Å². The number of rotatable bonds is 7. The van der Waals surface area contributed by atoms with Crippen LogP contribution in [0.4, 0.5) is 0 Å². The number of phenolic OH excluding ortho intramolecular Hbond substituents is 1. The van der Waals surface area contributed by atoms with Crippen LogP contribution in [0.1, 0.15) is 86.0 Å². The van der Waals surface area contributed by atoms with Crippen molar-refractivity contribution in [3.05, 3.63) is 89.0 Å². The maximum Gasteiger partial charge on any atom is 0.115 e. The van der Waals surface area contributed by atoms with Crippen molar-refractivity contribution in [2.45, 2.75) is 77.0 Å². The van der Waals surface area contributed by atoms with Gasteiger partial charge >= 0.3 is 0 Å². The monoisotopic (exact) mass is 412 g/mol. The lowest BCUT2D eigenvalue weighted by Gasteiger charge is -2.29. The van der Waals surface area contributed by atoms with E-state index in [0.29, 0.717) is 11.7 Å². The van der Waals surface area contributed by atoms with Crippen LogP contribution in [0.15, 0.2) is 66.7 Å². The predicted octanol–water partition coefficient (Wildman–Crippen LogP) is 8.54. The molecule has 0 amide bonds. The first-order chi connectivity index (χ1) is 15.1. The Kier molecular flexibility index (Phi) is 7.12. The predicted molar refractivity (Wildman–Crippen MR) is 132 cm³/mol. The Balaban J connectivity index is 1.36. The third kappa shape index (κ3) is 5.39. The van der Waals surface area contributed by atoms with Crippen LogP contribution >= 0.6 is 0 Å². The molecule has 1 aliphatic rings. The molecule has 1 aliphatic carbocycles. The number of aryl methyl sites for hydroxylation is 2. The third-order valence-corrected chi connectivity index (χ3v) is 7.15. The summed E-state index contributed by atoms with van der Waals surface area (Å²) >= 11 is 0. The molecular formula is C30H36O. The van der Waals surface area contributed by atoms with Crippen molar-refractivity contribution >= 4 is 0 Å². The molecule has 1 N–H and O–H groups in total. The van der Waals surface area contributed by atoms with Crippen molar-refractivity contribution in [1.29, 1.82) is 0 Å². The molecule has 3 aromatic rings. The molecule has 162 valence electrons. The fourth-order valence-corrected chi connectivity index (χ4v) is 5.20. The van der Waals surface area contributed by atoms with Crippen molar-refractivity contribution < 1.29 is 5.11 Å². The Hall–Kier alpha value is -2.54. The molecule has 4 rings (SSSR count). The quantitative estimate of drug-likeness (QED) is 0.385. The zero-order chi connectivity index (χ0) is 21.6. The molecule has 0 aromatic heterocycles. The van der Waals surface area contributed by atoms with Gasteiger partial charge in [-0.15, -0.1) is 0 Å². The Morgan fingerprint density at radius 2 is 1.35 bits per heavy atom. The van der Waals surface area contributed by atoms with E-state index in [1.54, 1.807) is 12.1 Å². The fourth-order valence-electron chi connectivity index (χ4n) is 5.20. The van der Waals surface area contributed by atoms with Gasteiger partial charge in [0, 0.05) is 0 Å². The lowest BCUT2D eigenvalue weighted by molar-refractivity contribution is 0.396. The van der Waals surface area contributed by atoms with Gasteiger partial charge in [-0.25, -0.2) is 0 Å². The number of hydrogen-bond acceptors (Lipinski definition) is 1. The van der Waals surface area contributed by atoms with E-state index in [-0.39, 0.29) is 0 Å². The van der Waals surface area contributed by atoms with Gasteiger partial charge in [-0.2, -0.15) is 0 Å². The highest BCUT2D eigenvalue weighted by atomic mass is 16.3. The molecule has 1 heteroatoms. The second-order valence-electron chi connectivity index (χ2n) is 9.37. The van der Waals surface area contributed by atoms with Crippen LogP contribution in [0.5, 0.6) is 5.75 Å². The van der Waals surface area contributed by atoms with Gasteiger partial charge in [-0.3, -0.25) is 0 Å². The summed E-state index contributed by atoms with van der Waals surface area (Å²) in [4.78, 5) is 0. The molecule has 1 saturated carbocycles. The Bertz CT molecular complexity index is 960. The Morgan fingerprint density at radius 3 is 1.97 bits per heavy atom. The minimum atomic E-state index is 0.320. The summed E-state index contributed by atoms with van der Waals surface area (Å²) in [7, 11) is 0. The number of unbranched alkanes of at least 4 members (excludes halogenated alkanes) is 2. The molecule has 0 aliphatic heterocycles. The largest absolute Gasteiger partial charge is 0.508 e. The van der Waals surface area contributed by atoms with Crippen molar-refractivity contribution in [2.24, 2.45) is 0 Å². The van der Waals surface area contributed by atoms with Gasteiger partial charge in [0.25, 0.3) is 0 Å². The average Bonchev–Trinajstić information content (AvgIpc) is 2.81. The molecule has 1 nitrogen and oxygen atoms in total. The van der Waals surface area contributed by atoms with E-state index in [4.69, 9.17) is 0 Å². The average molecular weight is 413 g/mol. The van der Waals surface area contributed by atoms with Crippen LogP contribution in [0.2, 0.25) is 0 Å². The summed E-state index contributed by atoms with van der Waals surface area (Å²) in [6.07, 6.45) is 10.3. The maximum absolute atomic E-state index is 9.55. The van der Waals surface area contributed by atoms with Crippen molar-refractivity contribution in [3.63, 3.8) is 0 Å². The van der Waals surface area contributed by atoms with Gasteiger partial charge < -0.3 is 5.11 Å². The molecule has 0 saturated heterocycles. The van der Waals surface area contributed by atoms with Gasteiger partial charge in [0.2, 0.25) is 0 Å². The van der Waals surface area contributed by atoms with Gasteiger partial charge in [0.05, 0.1) is 0 Å². The van der Waals surface area contributed by atoms with Crippen molar-refractivity contribution in [1.82, 2.24) is 0 Å². The minimum Gasteiger partial charge on any atom is -0.508 e. The summed E-state index contributed by atoms with van der Waals surface area (Å²) in [5.74, 6) is 1.72. The second-order valence-corrected chi connectivity index (χ2v) is 9.37. The van der Waals surface area contributed by atoms with Crippen LogP contribution in [0.25, 0.3) is 11.1 Å². The first-order valence-corrected chi connectivity index (χ1v) is 12.1. The van der Waals surface area contributed by atoms with E-state index in [2.05, 4.69) is 56.3 Å². The highest BCUT2D eigenvalue weighted by molar-refractivity contribution is 5.68. The van der Waals surface area contributed by atoms with Gasteiger partial charge in [-0.05, 0) is 103 Å². The van der Waals surface area contributed by atoms with Gasteiger partial charge in [-0.1, -0.05) is 74.4 Å². The van der Waals surface area contributed by atoms with Crippen LogP contribution in [0.3, 0.4) is 0 Å². The molecule has 0 spiro atoms. The lowest BCUT2D eigenvalue weighted by atomic mass is 9.75. The van der Waals surface area contributed by atoms with E-state index in [1.165, 1.54) is 84.7 Å². The fraction of sp³-hybridized carbons (Fsp3) is 0.400. The van der Waals surface area contributed by atoms with Gasteiger partial charge in [0.1, 0.15) is 5.75 Å². The molecule has 0 bridgehead atoms. The number of phenols is 1. The summed E-state index contributed by atoms with van der Waals surface area (Å²) < 4.78 is 0. The summed E-state index contributed by atoms with van der Waals surface area (Å²) in [5.41, 5.74) is 8.28. The first-order valence-electron chi connectivity index (χ1n) is 12.1. The molecule has 31 heavy (non-hydrogen) atoms. The van der Waals surface area contributed by atoms with E-state index < -0.39 is 0 Å². The van der Waals surface area contributed by atoms with Crippen LogP contribution < -0.4 is 0 Å². The summed E-state index contributed by atoms with van der Waals surface area (Å²) in [6, 6.07) is 24.0. The van der Waals surface area contributed by atoms with E-state index in [1.807, 2.05) is 12.1 Å².